The fraction of sp³-hybridized carbons (Fsp3) is 0.235. The lowest BCUT2D eigenvalue weighted by Gasteiger charge is -2.17. The van der Waals surface area contributed by atoms with Gasteiger partial charge in [-0.25, -0.2) is 0 Å². The van der Waals surface area contributed by atoms with Crippen LogP contribution < -0.4 is 10.2 Å². The van der Waals surface area contributed by atoms with Crippen molar-refractivity contribution in [2.75, 3.05) is 23.8 Å². The molecule has 0 bridgehead atoms. The molecule has 0 aromatic heterocycles. The Morgan fingerprint density at radius 1 is 1.05 bits per heavy atom. The van der Waals surface area contributed by atoms with Gasteiger partial charge in [0.15, 0.2) is 0 Å². The minimum absolute atomic E-state index is 0.00163. The quantitative estimate of drug-likeness (QED) is 0.895. The van der Waals surface area contributed by atoms with Crippen molar-refractivity contribution in [1.29, 1.82) is 0 Å². The zero-order valence-corrected chi connectivity index (χ0v) is 12.0. The normalized spacial score (nSPS) is 10.1. The van der Waals surface area contributed by atoms with E-state index in [0.29, 0.717) is 5.56 Å². The zero-order chi connectivity index (χ0) is 14.4. The average molecular weight is 268 g/mol. The summed E-state index contributed by atoms with van der Waals surface area (Å²) >= 11 is 0. The summed E-state index contributed by atoms with van der Waals surface area (Å²) in [4.78, 5) is 14.0. The summed E-state index contributed by atoms with van der Waals surface area (Å²) in [5, 5.41) is 3.30. The van der Waals surface area contributed by atoms with Crippen LogP contribution >= 0.6 is 0 Å². The molecule has 3 heteroatoms. The Kier molecular flexibility index (Phi) is 4.77. The third-order valence-electron chi connectivity index (χ3n) is 3.16. The van der Waals surface area contributed by atoms with Crippen molar-refractivity contribution in [3.63, 3.8) is 0 Å². The second kappa shape index (κ2) is 6.75. The maximum absolute atomic E-state index is 12.4. The molecule has 2 rings (SSSR count). The molecule has 2 aromatic rings. The number of anilines is 2. The summed E-state index contributed by atoms with van der Waals surface area (Å²) in [6, 6.07) is 17.3. The van der Waals surface area contributed by atoms with Crippen LogP contribution in [-0.2, 0) is 0 Å². The smallest absolute Gasteiger partial charge is 0.258 e. The molecule has 20 heavy (non-hydrogen) atoms. The lowest BCUT2D eigenvalue weighted by molar-refractivity contribution is 0.0993. The van der Waals surface area contributed by atoms with Crippen LogP contribution in [-0.4, -0.2) is 19.5 Å². The van der Waals surface area contributed by atoms with Gasteiger partial charge in [0.05, 0.1) is 0 Å². The van der Waals surface area contributed by atoms with Gasteiger partial charge in [0.1, 0.15) is 0 Å². The zero-order valence-electron chi connectivity index (χ0n) is 12.0. The first-order chi connectivity index (χ1) is 9.72. The summed E-state index contributed by atoms with van der Waals surface area (Å²) in [6.45, 7) is 3.07. The van der Waals surface area contributed by atoms with Crippen LogP contribution in [0.25, 0.3) is 0 Å². The summed E-state index contributed by atoms with van der Waals surface area (Å²) < 4.78 is 0. The van der Waals surface area contributed by atoms with E-state index < -0.39 is 0 Å². The van der Waals surface area contributed by atoms with Crippen LogP contribution in [0.4, 0.5) is 11.4 Å². The Balaban J connectivity index is 2.09. The average Bonchev–Trinajstić information content (AvgIpc) is 2.53. The highest BCUT2D eigenvalue weighted by Gasteiger charge is 2.12. The predicted octanol–water partition coefficient (Wildman–Crippen LogP) is 3.79. The van der Waals surface area contributed by atoms with Crippen LogP contribution in [0.3, 0.4) is 0 Å². The lowest BCUT2D eigenvalue weighted by Crippen LogP contribution is -2.26. The predicted molar refractivity (Wildman–Crippen MR) is 84.4 cm³/mol. The number of carbonyl (C=O) groups is 1. The number of carbonyl (C=O) groups excluding carboxylic acids is 1. The largest absolute Gasteiger partial charge is 0.385 e. The molecule has 104 valence electrons. The van der Waals surface area contributed by atoms with Gasteiger partial charge in [-0.1, -0.05) is 25.1 Å². The highest BCUT2D eigenvalue weighted by Crippen LogP contribution is 2.16. The summed E-state index contributed by atoms with van der Waals surface area (Å²) in [7, 11) is 1.79. The van der Waals surface area contributed by atoms with E-state index in [9.17, 15) is 4.79 Å². The Hall–Kier alpha value is -2.29. The Morgan fingerprint density at radius 3 is 2.30 bits per heavy atom. The van der Waals surface area contributed by atoms with Gasteiger partial charge in [-0.05, 0) is 42.8 Å². The molecule has 0 saturated heterocycles. The first kappa shape index (κ1) is 14.1. The first-order valence-corrected chi connectivity index (χ1v) is 6.89. The molecule has 0 atom stereocenters. The number of rotatable bonds is 5. The SMILES string of the molecule is CCCNc1ccc(C(=O)N(C)c2ccccc2)cc1. The second-order valence-corrected chi connectivity index (χ2v) is 4.70. The van der Waals surface area contributed by atoms with Gasteiger partial charge in [-0.3, -0.25) is 4.79 Å². The second-order valence-electron chi connectivity index (χ2n) is 4.70. The molecule has 0 aliphatic heterocycles. The van der Waals surface area contributed by atoms with E-state index >= 15 is 0 Å². The molecule has 0 saturated carbocycles. The van der Waals surface area contributed by atoms with E-state index in [-0.39, 0.29) is 5.91 Å². The molecular formula is C17H20N2O. The van der Waals surface area contributed by atoms with Crippen molar-refractivity contribution in [2.24, 2.45) is 0 Å². The molecule has 0 radical (unpaired) electrons. The van der Waals surface area contributed by atoms with Crippen LogP contribution in [0.1, 0.15) is 23.7 Å². The van der Waals surface area contributed by atoms with Crippen molar-refractivity contribution >= 4 is 17.3 Å². The van der Waals surface area contributed by atoms with Gasteiger partial charge in [-0.2, -0.15) is 0 Å². The number of hydrogen-bond donors (Lipinski definition) is 1. The number of nitrogens with one attached hydrogen (secondary N) is 1. The first-order valence-electron chi connectivity index (χ1n) is 6.89. The third kappa shape index (κ3) is 3.38. The van der Waals surface area contributed by atoms with Gasteiger partial charge >= 0.3 is 0 Å². The van der Waals surface area contributed by atoms with Crippen LogP contribution in [0.2, 0.25) is 0 Å². The van der Waals surface area contributed by atoms with E-state index in [2.05, 4.69) is 12.2 Å². The minimum atomic E-state index is -0.00163. The van der Waals surface area contributed by atoms with Gasteiger partial charge in [0, 0.05) is 30.5 Å². The Morgan fingerprint density at radius 2 is 1.70 bits per heavy atom. The molecule has 0 aliphatic carbocycles. The molecule has 1 amide bonds. The number of para-hydroxylation sites is 1. The van der Waals surface area contributed by atoms with Crippen LogP contribution in [0.15, 0.2) is 54.6 Å². The monoisotopic (exact) mass is 268 g/mol. The third-order valence-corrected chi connectivity index (χ3v) is 3.16. The summed E-state index contributed by atoms with van der Waals surface area (Å²) in [6.07, 6.45) is 1.08. The number of amides is 1. The van der Waals surface area contributed by atoms with E-state index in [1.165, 1.54) is 0 Å². The molecule has 0 fully saturated rings. The van der Waals surface area contributed by atoms with E-state index in [1.807, 2.05) is 54.6 Å². The molecule has 0 heterocycles. The molecule has 2 aromatic carbocycles. The van der Waals surface area contributed by atoms with Gasteiger partial charge < -0.3 is 10.2 Å². The lowest BCUT2D eigenvalue weighted by atomic mass is 10.1. The van der Waals surface area contributed by atoms with Gasteiger partial charge in [0.2, 0.25) is 0 Å². The summed E-state index contributed by atoms with van der Waals surface area (Å²) in [5.74, 6) is -0.00163. The number of nitrogens with zero attached hydrogens (tertiary/aromatic N) is 1. The molecule has 0 unspecified atom stereocenters. The van der Waals surface area contributed by atoms with Crippen molar-refractivity contribution in [1.82, 2.24) is 0 Å². The Bertz CT molecular complexity index is 549. The fourth-order valence-electron chi connectivity index (χ4n) is 1.96. The molecule has 1 N–H and O–H groups in total. The van der Waals surface area contributed by atoms with Crippen molar-refractivity contribution in [2.45, 2.75) is 13.3 Å². The highest BCUT2D eigenvalue weighted by molar-refractivity contribution is 6.05. The van der Waals surface area contributed by atoms with E-state index in [1.54, 1.807) is 11.9 Å². The topological polar surface area (TPSA) is 32.3 Å². The van der Waals surface area contributed by atoms with Crippen molar-refractivity contribution in [3.05, 3.63) is 60.2 Å². The van der Waals surface area contributed by atoms with Crippen LogP contribution in [0, 0.1) is 0 Å². The van der Waals surface area contributed by atoms with E-state index in [4.69, 9.17) is 0 Å². The maximum atomic E-state index is 12.4. The molecule has 3 nitrogen and oxygen atoms in total. The standard InChI is InChI=1S/C17H20N2O/c1-3-13-18-15-11-9-14(10-12-15)17(20)19(2)16-7-5-4-6-8-16/h4-12,18H,3,13H2,1-2H3. The van der Waals surface area contributed by atoms with Crippen molar-refractivity contribution in [3.8, 4) is 0 Å². The van der Waals surface area contributed by atoms with E-state index in [0.717, 1.165) is 24.3 Å². The maximum Gasteiger partial charge on any atom is 0.258 e. The summed E-state index contributed by atoms with van der Waals surface area (Å²) in [5.41, 5.74) is 2.63. The number of benzene rings is 2. The fourth-order valence-corrected chi connectivity index (χ4v) is 1.96. The number of hydrogen-bond acceptors (Lipinski definition) is 2. The highest BCUT2D eigenvalue weighted by atomic mass is 16.2. The molecular weight excluding hydrogens is 248 g/mol. The molecule has 0 spiro atoms. The van der Waals surface area contributed by atoms with Crippen LogP contribution in [0.5, 0.6) is 0 Å². The molecule has 0 aliphatic rings. The van der Waals surface area contributed by atoms with Gasteiger partial charge in [-0.15, -0.1) is 0 Å². The Labute approximate surface area is 120 Å². The van der Waals surface area contributed by atoms with Crippen molar-refractivity contribution < 1.29 is 4.79 Å². The van der Waals surface area contributed by atoms with Gasteiger partial charge in [0.25, 0.3) is 5.91 Å². The minimum Gasteiger partial charge on any atom is -0.385 e.